The van der Waals surface area contributed by atoms with Gasteiger partial charge in [0.25, 0.3) is 0 Å². The summed E-state index contributed by atoms with van der Waals surface area (Å²) in [6.45, 7) is 5.65. The average molecular weight is 466 g/mol. The zero-order chi connectivity index (χ0) is 22.4. The van der Waals surface area contributed by atoms with Crippen molar-refractivity contribution in [3.05, 3.63) is 46.8 Å². The molecule has 1 aliphatic heterocycles. The van der Waals surface area contributed by atoms with E-state index in [9.17, 15) is 18.0 Å². The second kappa shape index (κ2) is 10.4. The Bertz CT molecular complexity index is 1010. The molecular formula is C21H27N3O5S2. The summed E-state index contributed by atoms with van der Waals surface area (Å²) < 4.78 is 32.0. The van der Waals surface area contributed by atoms with Gasteiger partial charge in [0.15, 0.2) is 0 Å². The van der Waals surface area contributed by atoms with Crippen molar-refractivity contribution in [3.8, 4) is 0 Å². The zero-order valence-corrected chi connectivity index (χ0v) is 19.3. The van der Waals surface area contributed by atoms with E-state index in [1.165, 1.54) is 15.6 Å². The molecule has 2 aromatic rings. The maximum atomic E-state index is 12.7. The molecule has 1 fully saturated rings. The molecule has 1 N–H and O–H groups in total. The van der Waals surface area contributed by atoms with Crippen molar-refractivity contribution >= 4 is 38.2 Å². The molecule has 31 heavy (non-hydrogen) atoms. The number of nitrogens with zero attached hydrogens (tertiary/aromatic N) is 2. The minimum atomic E-state index is -3.53. The van der Waals surface area contributed by atoms with E-state index in [0.717, 1.165) is 11.3 Å². The number of benzene rings is 1. The topological polar surface area (TPSA) is 96.0 Å². The van der Waals surface area contributed by atoms with Crippen LogP contribution in [0.4, 0.5) is 5.00 Å². The highest BCUT2D eigenvalue weighted by Crippen LogP contribution is 2.29. The Morgan fingerprint density at radius 1 is 1.10 bits per heavy atom. The predicted octanol–water partition coefficient (Wildman–Crippen LogP) is 2.43. The molecule has 10 heteroatoms. The Kier molecular flexibility index (Phi) is 7.82. The number of esters is 1. The lowest BCUT2D eigenvalue weighted by Gasteiger charge is -2.33. The number of hydrogen-bond acceptors (Lipinski definition) is 7. The van der Waals surface area contributed by atoms with Crippen LogP contribution in [-0.2, 0) is 26.0 Å². The molecule has 0 radical (unpaired) electrons. The fourth-order valence-corrected chi connectivity index (χ4v) is 5.75. The monoisotopic (exact) mass is 465 g/mol. The summed E-state index contributed by atoms with van der Waals surface area (Å²) in [5.41, 5.74) is 0.371. The van der Waals surface area contributed by atoms with Crippen LogP contribution < -0.4 is 5.32 Å². The number of carbonyl (C=O) groups excluding carboxylic acids is 2. The average Bonchev–Trinajstić information content (AvgIpc) is 3.17. The highest BCUT2D eigenvalue weighted by atomic mass is 32.2. The lowest BCUT2D eigenvalue weighted by molar-refractivity contribution is -0.117. The Balaban J connectivity index is 1.57. The first kappa shape index (κ1) is 23.4. The molecule has 3 rings (SSSR count). The number of thiophene rings is 1. The van der Waals surface area contributed by atoms with Gasteiger partial charge >= 0.3 is 5.97 Å². The fourth-order valence-electron chi connectivity index (χ4n) is 3.31. The maximum Gasteiger partial charge on any atom is 0.341 e. The first-order chi connectivity index (χ1) is 14.8. The van der Waals surface area contributed by atoms with Crippen LogP contribution in [-0.4, -0.2) is 68.8 Å². The number of rotatable bonds is 8. The molecule has 168 valence electrons. The van der Waals surface area contributed by atoms with E-state index in [4.69, 9.17) is 4.74 Å². The molecule has 1 aromatic heterocycles. The third-order valence-corrected chi connectivity index (χ3v) is 8.07. The summed E-state index contributed by atoms with van der Waals surface area (Å²) in [5, 5.41) is 3.32. The van der Waals surface area contributed by atoms with Gasteiger partial charge in [-0.15, -0.1) is 11.3 Å². The second-order valence-corrected chi connectivity index (χ2v) is 10.1. The van der Waals surface area contributed by atoms with E-state index in [1.807, 2.05) is 11.8 Å². The smallest absolute Gasteiger partial charge is 0.341 e. The summed E-state index contributed by atoms with van der Waals surface area (Å²) in [4.78, 5) is 27.9. The molecule has 1 aromatic carbocycles. The molecule has 0 bridgehead atoms. The first-order valence-corrected chi connectivity index (χ1v) is 12.5. The standard InChI is InChI=1S/C21H27N3O5S2/c1-3-16-14-18(21(26)29-4-2)20(30-16)22-19(25)15-23-10-12-24(13-11-23)31(27,28)17-8-6-5-7-9-17/h5-9,14H,3-4,10-13,15H2,1-2H3,(H,22,25). The third kappa shape index (κ3) is 5.70. The number of hydrogen-bond donors (Lipinski definition) is 1. The van der Waals surface area contributed by atoms with Gasteiger partial charge in [-0.1, -0.05) is 25.1 Å². The maximum absolute atomic E-state index is 12.7. The van der Waals surface area contributed by atoms with Gasteiger partial charge in [-0.25, -0.2) is 13.2 Å². The van der Waals surface area contributed by atoms with Crippen LogP contribution in [0.25, 0.3) is 0 Å². The quantitative estimate of drug-likeness (QED) is 0.602. The number of aryl methyl sites for hydroxylation is 1. The van der Waals surface area contributed by atoms with Crippen LogP contribution in [0.5, 0.6) is 0 Å². The Labute approximate surface area is 186 Å². The second-order valence-electron chi connectivity index (χ2n) is 7.07. The summed E-state index contributed by atoms with van der Waals surface area (Å²) >= 11 is 1.37. The van der Waals surface area contributed by atoms with Crippen LogP contribution in [0.2, 0.25) is 0 Å². The lowest BCUT2D eigenvalue weighted by atomic mass is 10.2. The Morgan fingerprint density at radius 3 is 2.39 bits per heavy atom. The van der Waals surface area contributed by atoms with Gasteiger partial charge < -0.3 is 10.1 Å². The number of amides is 1. The fraction of sp³-hybridized carbons (Fsp3) is 0.429. The van der Waals surface area contributed by atoms with Gasteiger partial charge in [0.2, 0.25) is 15.9 Å². The summed E-state index contributed by atoms with van der Waals surface area (Å²) in [5.74, 6) is -0.692. The number of carbonyl (C=O) groups is 2. The van der Waals surface area contributed by atoms with Crippen molar-refractivity contribution in [3.63, 3.8) is 0 Å². The van der Waals surface area contributed by atoms with E-state index in [1.54, 1.807) is 43.3 Å². The van der Waals surface area contributed by atoms with Crippen LogP contribution in [0.1, 0.15) is 29.1 Å². The van der Waals surface area contributed by atoms with E-state index >= 15 is 0 Å². The molecule has 1 aliphatic rings. The van der Waals surface area contributed by atoms with Crippen LogP contribution in [0.15, 0.2) is 41.3 Å². The van der Waals surface area contributed by atoms with Crippen molar-refractivity contribution < 1.29 is 22.7 Å². The van der Waals surface area contributed by atoms with Gasteiger partial charge in [0.05, 0.1) is 23.6 Å². The van der Waals surface area contributed by atoms with E-state index in [0.29, 0.717) is 36.7 Å². The highest BCUT2D eigenvalue weighted by Gasteiger charge is 2.29. The molecule has 0 atom stereocenters. The molecule has 0 aliphatic carbocycles. The SMILES string of the molecule is CCOC(=O)c1cc(CC)sc1NC(=O)CN1CCN(S(=O)(=O)c2ccccc2)CC1. The molecule has 2 heterocycles. The van der Waals surface area contributed by atoms with E-state index in [-0.39, 0.29) is 24.0 Å². The molecule has 1 amide bonds. The Hall–Kier alpha value is -2.27. The number of anilines is 1. The summed E-state index contributed by atoms with van der Waals surface area (Å²) in [6, 6.07) is 10.1. The lowest BCUT2D eigenvalue weighted by Crippen LogP contribution is -2.50. The largest absolute Gasteiger partial charge is 0.462 e. The van der Waals surface area contributed by atoms with Gasteiger partial charge in [0.1, 0.15) is 5.00 Å². The van der Waals surface area contributed by atoms with Gasteiger partial charge in [-0.3, -0.25) is 9.69 Å². The summed E-state index contributed by atoms with van der Waals surface area (Å²) in [6.07, 6.45) is 0.755. The number of sulfonamides is 1. The molecule has 0 unspecified atom stereocenters. The van der Waals surface area contributed by atoms with Crippen LogP contribution in [0, 0.1) is 0 Å². The highest BCUT2D eigenvalue weighted by molar-refractivity contribution is 7.89. The van der Waals surface area contributed by atoms with Crippen molar-refractivity contribution in [2.75, 3.05) is 44.6 Å². The van der Waals surface area contributed by atoms with Gasteiger partial charge in [0, 0.05) is 31.1 Å². The van der Waals surface area contributed by atoms with Crippen LogP contribution in [0.3, 0.4) is 0 Å². The van der Waals surface area contributed by atoms with Crippen molar-refractivity contribution in [1.29, 1.82) is 0 Å². The minimum absolute atomic E-state index is 0.126. The number of nitrogens with one attached hydrogen (secondary N) is 1. The number of ether oxygens (including phenoxy) is 1. The zero-order valence-electron chi connectivity index (χ0n) is 17.7. The van der Waals surface area contributed by atoms with Crippen molar-refractivity contribution in [2.24, 2.45) is 0 Å². The van der Waals surface area contributed by atoms with Gasteiger partial charge in [-0.05, 0) is 31.5 Å². The Morgan fingerprint density at radius 2 is 1.77 bits per heavy atom. The first-order valence-electron chi connectivity index (χ1n) is 10.2. The van der Waals surface area contributed by atoms with Crippen molar-refractivity contribution in [2.45, 2.75) is 25.2 Å². The minimum Gasteiger partial charge on any atom is -0.462 e. The normalized spacial score (nSPS) is 15.5. The van der Waals surface area contributed by atoms with Gasteiger partial charge in [-0.2, -0.15) is 4.31 Å². The molecule has 0 spiro atoms. The van der Waals surface area contributed by atoms with Crippen LogP contribution >= 0.6 is 11.3 Å². The molecule has 0 saturated carbocycles. The van der Waals surface area contributed by atoms with Crippen molar-refractivity contribution in [1.82, 2.24) is 9.21 Å². The predicted molar refractivity (Wildman–Crippen MR) is 120 cm³/mol. The third-order valence-electron chi connectivity index (χ3n) is 4.96. The molecular weight excluding hydrogens is 438 g/mol. The number of piperazine rings is 1. The summed E-state index contributed by atoms with van der Waals surface area (Å²) in [7, 11) is -3.53. The van der Waals surface area contributed by atoms with E-state index < -0.39 is 16.0 Å². The molecule has 1 saturated heterocycles. The molecule has 8 nitrogen and oxygen atoms in total. The van der Waals surface area contributed by atoms with E-state index in [2.05, 4.69) is 5.32 Å².